The average molecular weight is 346 g/mol. The number of benzene rings is 2. The van der Waals surface area contributed by atoms with E-state index in [1.165, 1.54) is 0 Å². The predicted octanol–water partition coefficient (Wildman–Crippen LogP) is 5.03. The highest BCUT2D eigenvalue weighted by atomic mass is 79.9. The predicted molar refractivity (Wildman–Crippen MR) is 79.3 cm³/mol. The number of aliphatic hydroxyl groups excluding tert-OH is 1. The highest BCUT2D eigenvalue weighted by Gasteiger charge is 2.09. The smallest absolute Gasteiger partial charge is 0.0830 e. The first-order valence-corrected chi connectivity index (χ1v) is 6.98. The second-order valence-electron chi connectivity index (χ2n) is 4.02. The van der Waals surface area contributed by atoms with E-state index in [4.69, 9.17) is 23.2 Å². The molecule has 0 heterocycles. The molecule has 4 heteroatoms. The third-order valence-corrected chi connectivity index (χ3v) is 3.94. The van der Waals surface area contributed by atoms with Crippen molar-refractivity contribution in [3.8, 4) is 0 Å². The van der Waals surface area contributed by atoms with Crippen molar-refractivity contribution in [2.45, 2.75) is 12.5 Å². The Morgan fingerprint density at radius 2 is 1.67 bits per heavy atom. The van der Waals surface area contributed by atoms with E-state index in [0.29, 0.717) is 16.5 Å². The fourth-order valence-electron chi connectivity index (χ4n) is 1.69. The van der Waals surface area contributed by atoms with E-state index in [9.17, 15) is 5.11 Å². The Hall–Kier alpha value is -0.540. The van der Waals surface area contributed by atoms with Gasteiger partial charge < -0.3 is 5.11 Å². The minimum absolute atomic E-state index is 0.511. The molecule has 0 aliphatic heterocycles. The molecule has 0 fully saturated rings. The second-order valence-corrected chi connectivity index (χ2v) is 5.75. The van der Waals surface area contributed by atoms with Crippen molar-refractivity contribution in [2.75, 3.05) is 0 Å². The summed E-state index contributed by atoms with van der Waals surface area (Å²) in [5, 5.41) is 11.2. The van der Waals surface area contributed by atoms with Gasteiger partial charge in [0.1, 0.15) is 0 Å². The topological polar surface area (TPSA) is 20.2 Å². The molecular formula is C14H11BrCl2O. The summed E-state index contributed by atoms with van der Waals surface area (Å²) < 4.78 is 0.994. The summed E-state index contributed by atoms with van der Waals surface area (Å²) in [4.78, 5) is 0. The van der Waals surface area contributed by atoms with E-state index < -0.39 is 6.10 Å². The zero-order valence-corrected chi connectivity index (χ0v) is 12.5. The lowest BCUT2D eigenvalue weighted by atomic mass is 10.0. The lowest BCUT2D eigenvalue weighted by Gasteiger charge is -2.11. The third-order valence-electron chi connectivity index (χ3n) is 2.67. The van der Waals surface area contributed by atoms with Crippen LogP contribution < -0.4 is 0 Å². The molecule has 0 saturated heterocycles. The fraction of sp³-hybridized carbons (Fsp3) is 0.143. The van der Waals surface area contributed by atoms with E-state index in [2.05, 4.69) is 15.9 Å². The van der Waals surface area contributed by atoms with Crippen LogP contribution in [0.15, 0.2) is 46.9 Å². The average Bonchev–Trinajstić information content (AvgIpc) is 2.34. The van der Waals surface area contributed by atoms with Gasteiger partial charge in [-0.3, -0.25) is 0 Å². The minimum Gasteiger partial charge on any atom is -0.388 e. The Labute approximate surface area is 124 Å². The van der Waals surface area contributed by atoms with Crippen molar-refractivity contribution >= 4 is 39.1 Å². The van der Waals surface area contributed by atoms with Gasteiger partial charge in [0.15, 0.2) is 0 Å². The quantitative estimate of drug-likeness (QED) is 0.826. The highest BCUT2D eigenvalue weighted by Crippen LogP contribution is 2.26. The molecule has 2 rings (SSSR count). The number of aliphatic hydroxyl groups is 1. The second kappa shape index (κ2) is 6.07. The van der Waals surface area contributed by atoms with Gasteiger partial charge >= 0.3 is 0 Å². The molecular weight excluding hydrogens is 335 g/mol. The van der Waals surface area contributed by atoms with Gasteiger partial charge in [0.25, 0.3) is 0 Å². The molecule has 0 bridgehead atoms. The SMILES string of the molecule is OC(Cc1ccc(Cl)c(Cl)c1)c1ccc(Br)cc1. The van der Waals surface area contributed by atoms with Gasteiger partial charge in [-0.05, 0) is 35.4 Å². The van der Waals surface area contributed by atoms with Crippen molar-refractivity contribution in [2.24, 2.45) is 0 Å². The Morgan fingerprint density at radius 3 is 2.28 bits per heavy atom. The van der Waals surface area contributed by atoms with Crippen molar-refractivity contribution in [3.63, 3.8) is 0 Å². The van der Waals surface area contributed by atoms with Crippen LogP contribution in [0.1, 0.15) is 17.2 Å². The van der Waals surface area contributed by atoms with Crippen molar-refractivity contribution in [1.82, 2.24) is 0 Å². The van der Waals surface area contributed by atoms with E-state index in [1.807, 2.05) is 30.3 Å². The summed E-state index contributed by atoms with van der Waals surface area (Å²) in [6.45, 7) is 0. The molecule has 18 heavy (non-hydrogen) atoms. The molecule has 0 aliphatic carbocycles. The highest BCUT2D eigenvalue weighted by molar-refractivity contribution is 9.10. The maximum Gasteiger partial charge on any atom is 0.0830 e. The molecule has 2 aromatic carbocycles. The van der Waals surface area contributed by atoms with Crippen molar-refractivity contribution in [1.29, 1.82) is 0 Å². The molecule has 0 saturated carbocycles. The number of hydrogen-bond acceptors (Lipinski definition) is 1. The minimum atomic E-state index is -0.546. The normalized spacial score (nSPS) is 12.4. The molecule has 0 spiro atoms. The zero-order chi connectivity index (χ0) is 13.1. The first-order valence-electron chi connectivity index (χ1n) is 5.44. The standard InChI is InChI=1S/C14H11BrCl2O/c15-11-4-2-10(3-5-11)14(18)8-9-1-6-12(16)13(17)7-9/h1-7,14,18H,8H2. The fourth-order valence-corrected chi connectivity index (χ4v) is 2.28. The van der Waals surface area contributed by atoms with Crippen LogP contribution in [-0.4, -0.2) is 5.11 Å². The maximum atomic E-state index is 10.1. The van der Waals surface area contributed by atoms with Crippen LogP contribution in [0.4, 0.5) is 0 Å². The Bertz CT molecular complexity index is 540. The largest absolute Gasteiger partial charge is 0.388 e. The number of hydrogen-bond donors (Lipinski definition) is 1. The molecule has 0 aromatic heterocycles. The lowest BCUT2D eigenvalue weighted by molar-refractivity contribution is 0.178. The summed E-state index contributed by atoms with van der Waals surface area (Å²) in [6, 6.07) is 13.0. The number of rotatable bonds is 3. The van der Waals surface area contributed by atoms with E-state index in [1.54, 1.807) is 12.1 Å². The van der Waals surface area contributed by atoms with Crippen LogP contribution in [0.25, 0.3) is 0 Å². The molecule has 94 valence electrons. The molecule has 2 aromatic rings. The summed E-state index contributed by atoms with van der Waals surface area (Å²) in [7, 11) is 0. The van der Waals surface area contributed by atoms with Gasteiger partial charge in [-0.2, -0.15) is 0 Å². The van der Waals surface area contributed by atoms with Gasteiger partial charge in [0.2, 0.25) is 0 Å². The number of halogens is 3. The van der Waals surface area contributed by atoms with Gasteiger partial charge in [-0.25, -0.2) is 0 Å². The molecule has 0 amide bonds. The van der Waals surface area contributed by atoms with E-state index >= 15 is 0 Å². The van der Waals surface area contributed by atoms with Gasteiger partial charge in [-0.1, -0.05) is 57.3 Å². The van der Waals surface area contributed by atoms with Gasteiger partial charge in [0.05, 0.1) is 16.1 Å². The van der Waals surface area contributed by atoms with Crippen LogP contribution in [-0.2, 0) is 6.42 Å². The molecule has 1 N–H and O–H groups in total. The summed E-state index contributed by atoms with van der Waals surface area (Å²) in [6.07, 6.45) is -0.0336. The van der Waals surface area contributed by atoms with Crippen LogP contribution in [0.3, 0.4) is 0 Å². The van der Waals surface area contributed by atoms with E-state index in [-0.39, 0.29) is 0 Å². The van der Waals surface area contributed by atoms with Crippen molar-refractivity contribution in [3.05, 3.63) is 68.1 Å². The maximum absolute atomic E-state index is 10.1. The zero-order valence-electron chi connectivity index (χ0n) is 9.41. The van der Waals surface area contributed by atoms with Crippen molar-refractivity contribution < 1.29 is 5.11 Å². The van der Waals surface area contributed by atoms with E-state index in [0.717, 1.165) is 15.6 Å². The van der Waals surface area contributed by atoms with Gasteiger partial charge in [-0.15, -0.1) is 0 Å². The summed E-state index contributed by atoms with van der Waals surface area (Å²) in [5.41, 5.74) is 1.84. The first kappa shape index (κ1) is 13.9. The van der Waals surface area contributed by atoms with Gasteiger partial charge in [0, 0.05) is 10.9 Å². The Morgan fingerprint density at radius 1 is 1.00 bits per heavy atom. The molecule has 1 unspecified atom stereocenters. The summed E-state index contributed by atoms with van der Waals surface area (Å²) >= 11 is 15.2. The molecule has 1 atom stereocenters. The molecule has 0 radical (unpaired) electrons. The molecule has 1 nitrogen and oxygen atoms in total. The first-order chi connectivity index (χ1) is 8.56. The van der Waals surface area contributed by atoms with Crippen LogP contribution in [0.2, 0.25) is 10.0 Å². The Kier molecular flexibility index (Phi) is 4.68. The molecule has 0 aliphatic rings. The third kappa shape index (κ3) is 3.48. The van der Waals surface area contributed by atoms with Crippen LogP contribution in [0.5, 0.6) is 0 Å². The summed E-state index contributed by atoms with van der Waals surface area (Å²) in [5.74, 6) is 0. The van der Waals surface area contributed by atoms with Crippen LogP contribution in [0, 0.1) is 0 Å². The lowest BCUT2D eigenvalue weighted by Crippen LogP contribution is -2.01. The Balaban J connectivity index is 2.13. The monoisotopic (exact) mass is 344 g/mol. The van der Waals surface area contributed by atoms with Crippen LogP contribution >= 0.6 is 39.1 Å².